The van der Waals surface area contributed by atoms with E-state index in [0.29, 0.717) is 0 Å². The largest absolute Gasteiger partial charge is 0.418 e. The van der Waals surface area contributed by atoms with E-state index in [4.69, 9.17) is 0 Å². The molecule has 2 fully saturated rings. The Kier molecular flexibility index (Phi) is 6.18. The zero-order valence-electron chi connectivity index (χ0n) is 17.0. The van der Waals surface area contributed by atoms with Crippen molar-refractivity contribution in [1.82, 2.24) is 10.2 Å². The minimum absolute atomic E-state index is 0.0992. The third-order valence-electron chi connectivity index (χ3n) is 6.22. The lowest BCUT2D eigenvalue weighted by Crippen LogP contribution is -2.56. The summed E-state index contributed by atoms with van der Waals surface area (Å²) in [7, 11) is 0. The van der Waals surface area contributed by atoms with Crippen molar-refractivity contribution in [2.45, 2.75) is 63.0 Å². The van der Waals surface area contributed by atoms with E-state index in [1.54, 1.807) is 12.1 Å². The molecule has 4 nitrogen and oxygen atoms in total. The summed E-state index contributed by atoms with van der Waals surface area (Å²) < 4.78 is 52.7. The lowest BCUT2D eigenvalue weighted by molar-refractivity contribution is -0.136. The molecule has 0 aliphatic carbocycles. The highest BCUT2D eigenvalue weighted by Crippen LogP contribution is 2.36. The number of nitrogens with one attached hydrogen (secondary N) is 2. The van der Waals surface area contributed by atoms with Gasteiger partial charge in [-0.2, -0.15) is 13.2 Å². The zero-order valence-corrected chi connectivity index (χ0v) is 17.0. The molecule has 2 heterocycles. The Hall–Kier alpha value is -2.61. The van der Waals surface area contributed by atoms with Crippen molar-refractivity contribution >= 4 is 11.7 Å². The van der Waals surface area contributed by atoms with Crippen molar-refractivity contribution in [3.05, 3.63) is 65.5 Å². The van der Waals surface area contributed by atoms with Gasteiger partial charge in [0.15, 0.2) is 0 Å². The Balaban J connectivity index is 1.38. The van der Waals surface area contributed by atoms with Crippen LogP contribution in [0.1, 0.15) is 43.2 Å². The van der Waals surface area contributed by atoms with E-state index in [-0.39, 0.29) is 29.6 Å². The quantitative estimate of drug-likeness (QED) is 0.619. The monoisotopic (exact) mass is 435 g/mol. The summed E-state index contributed by atoms with van der Waals surface area (Å²) in [5.74, 6) is -0.259. The number of nitrogens with zero attached hydrogens (tertiary/aromatic N) is 1. The first kappa shape index (κ1) is 21.6. The molecule has 4 rings (SSSR count). The average Bonchev–Trinajstić information content (AvgIpc) is 2.70. The van der Waals surface area contributed by atoms with E-state index in [2.05, 4.69) is 15.5 Å². The van der Waals surface area contributed by atoms with Gasteiger partial charge in [0, 0.05) is 24.7 Å². The smallest absolute Gasteiger partial charge is 0.335 e. The predicted molar refractivity (Wildman–Crippen MR) is 110 cm³/mol. The third kappa shape index (κ3) is 5.18. The van der Waals surface area contributed by atoms with Gasteiger partial charge in [-0.3, -0.25) is 4.90 Å². The maximum absolute atomic E-state index is 13.2. The Morgan fingerprint density at radius 3 is 2.29 bits per heavy atom. The summed E-state index contributed by atoms with van der Waals surface area (Å²) in [6, 6.07) is 11.3. The SMILES string of the molecule is O=C(Nc1ccccc1C(F)(F)F)NC1CC2CCCC(C1)N2Cc1ccc(F)cc1. The van der Waals surface area contributed by atoms with Gasteiger partial charge in [0.1, 0.15) is 5.82 Å². The standard InChI is InChI=1S/C23H25F4N3O/c24-16-10-8-15(9-11-16)14-30-18-4-3-5-19(30)13-17(12-18)28-22(31)29-21-7-2-1-6-20(21)23(25,26)27/h1-2,6-11,17-19H,3-5,12-14H2,(H2,28,29,31). The minimum atomic E-state index is -4.54. The number of carbonyl (C=O) groups excluding carboxylic acids is 1. The normalized spacial score (nSPS) is 23.9. The molecule has 2 aliphatic heterocycles. The van der Waals surface area contributed by atoms with Crippen LogP contribution in [0.2, 0.25) is 0 Å². The lowest BCUT2D eigenvalue weighted by atomic mass is 9.81. The van der Waals surface area contributed by atoms with Crippen molar-refractivity contribution in [2.75, 3.05) is 5.32 Å². The summed E-state index contributed by atoms with van der Waals surface area (Å²) in [6.07, 6.45) is 0.0839. The number of para-hydroxylation sites is 1. The minimum Gasteiger partial charge on any atom is -0.335 e. The highest BCUT2D eigenvalue weighted by atomic mass is 19.4. The topological polar surface area (TPSA) is 44.4 Å². The van der Waals surface area contributed by atoms with Gasteiger partial charge in [0.05, 0.1) is 11.3 Å². The molecule has 0 aromatic heterocycles. The number of benzene rings is 2. The van der Waals surface area contributed by atoms with Crippen LogP contribution in [-0.4, -0.2) is 29.1 Å². The second-order valence-corrected chi connectivity index (χ2v) is 8.35. The highest BCUT2D eigenvalue weighted by molar-refractivity contribution is 5.90. The van der Waals surface area contributed by atoms with Crippen LogP contribution in [0.5, 0.6) is 0 Å². The first-order valence-corrected chi connectivity index (χ1v) is 10.5. The molecule has 166 valence electrons. The molecule has 0 saturated carbocycles. The van der Waals surface area contributed by atoms with Crippen LogP contribution in [0.15, 0.2) is 48.5 Å². The number of carbonyl (C=O) groups is 1. The van der Waals surface area contributed by atoms with E-state index in [1.165, 1.54) is 30.3 Å². The van der Waals surface area contributed by atoms with E-state index < -0.39 is 17.8 Å². The molecule has 2 bridgehead atoms. The maximum Gasteiger partial charge on any atom is 0.418 e. The van der Waals surface area contributed by atoms with Gasteiger partial charge in [-0.15, -0.1) is 0 Å². The molecule has 2 amide bonds. The van der Waals surface area contributed by atoms with Crippen molar-refractivity contribution in [1.29, 1.82) is 0 Å². The highest BCUT2D eigenvalue weighted by Gasteiger charge is 2.39. The second kappa shape index (κ2) is 8.86. The second-order valence-electron chi connectivity index (χ2n) is 8.35. The van der Waals surface area contributed by atoms with Crippen LogP contribution in [0.3, 0.4) is 0 Å². The molecule has 2 saturated heterocycles. The van der Waals surface area contributed by atoms with Gasteiger partial charge in [-0.1, -0.05) is 30.7 Å². The summed E-state index contributed by atoms with van der Waals surface area (Å²) in [5, 5.41) is 5.24. The van der Waals surface area contributed by atoms with Gasteiger partial charge in [-0.25, -0.2) is 9.18 Å². The number of urea groups is 1. The number of fused-ring (bicyclic) bond motifs is 2. The molecule has 0 radical (unpaired) electrons. The number of hydrogen-bond donors (Lipinski definition) is 2. The molecule has 2 atom stereocenters. The third-order valence-corrected chi connectivity index (χ3v) is 6.22. The number of hydrogen-bond acceptors (Lipinski definition) is 2. The van der Waals surface area contributed by atoms with Crippen LogP contribution >= 0.6 is 0 Å². The predicted octanol–water partition coefficient (Wildman–Crippen LogP) is 5.55. The van der Waals surface area contributed by atoms with Crippen LogP contribution in [-0.2, 0) is 12.7 Å². The fourth-order valence-corrected chi connectivity index (χ4v) is 4.84. The Bertz CT molecular complexity index is 902. The van der Waals surface area contributed by atoms with Crippen molar-refractivity contribution in [3.63, 3.8) is 0 Å². The fourth-order valence-electron chi connectivity index (χ4n) is 4.84. The van der Waals surface area contributed by atoms with Crippen LogP contribution in [0.4, 0.5) is 28.0 Å². The Morgan fingerprint density at radius 1 is 1.00 bits per heavy atom. The molecule has 31 heavy (non-hydrogen) atoms. The first-order chi connectivity index (χ1) is 14.8. The average molecular weight is 435 g/mol. The Morgan fingerprint density at radius 2 is 1.65 bits per heavy atom. The summed E-state index contributed by atoms with van der Waals surface area (Å²) in [5.41, 5.74) is -0.0659. The molecular formula is C23H25F4N3O. The van der Waals surface area contributed by atoms with E-state index in [1.807, 2.05) is 0 Å². The van der Waals surface area contributed by atoms with Crippen LogP contribution in [0.25, 0.3) is 0 Å². The van der Waals surface area contributed by atoms with Crippen molar-refractivity contribution < 1.29 is 22.4 Å². The zero-order chi connectivity index (χ0) is 22.0. The number of alkyl halides is 3. The van der Waals surface area contributed by atoms with Crippen LogP contribution < -0.4 is 10.6 Å². The van der Waals surface area contributed by atoms with Crippen molar-refractivity contribution in [3.8, 4) is 0 Å². The molecule has 2 unspecified atom stereocenters. The fraction of sp³-hybridized carbons (Fsp3) is 0.435. The molecular weight excluding hydrogens is 410 g/mol. The molecule has 2 N–H and O–H groups in total. The van der Waals surface area contributed by atoms with Gasteiger partial charge in [0.2, 0.25) is 0 Å². The lowest BCUT2D eigenvalue weighted by Gasteiger charge is -2.49. The summed E-state index contributed by atoms with van der Waals surface area (Å²) in [6.45, 7) is 0.730. The Labute approximate surface area is 178 Å². The molecule has 2 aliphatic rings. The van der Waals surface area contributed by atoms with E-state index in [9.17, 15) is 22.4 Å². The van der Waals surface area contributed by atoms with E-state index in [0.717, 1.165) is 50.3 Å². The van der Waals surface area contributed by atoms with Gasteiger partial charge < -0.3 is 10.6 Å². The maximum atomic E-state index is 13.2. The number of amides is 2. The van der Waals surface area contributed by atoms with Crippen molar-refractivity contribution in [2.24, 2.45) is 0 Å². The number of rotatable bonds is 4. The van der Waals surface area contributed by atoms with E-state index >= 15 is 0 Å². The molecule has 2 aromatic carbocycles. The van der Waals surface area contributed by atoms with Gasteiger partial charge in [-0.05, 0) is 55.5 Å². The number of anilines is 1. The first-order valence-electron chi connectivity index (χ1n) is 10.5. The molecule has 8 heteroatoms. The molecule has 2 aromatic rings. The number of halogens is 4. The van der Waals surface area contributed by atoms with Crippen LogP contribution in [0, 0.1) is 5.82 Å². The summed E-state index contributed by atoms with van der Waals surface area (Å²) >= 11 is 0. The molecule has 0 spiro atoms. The van der Waals surface area contributed by atoms with Gasteiger partial charge >= 0.3 is 12.2 Å². The summed E-state index contributed by atoms with van der Waals surface area (Å²) in [4.78, 5) is 14.9. The number of piperidine rings is 2. The van der Waals surface area contributed by atoms with Gasteiger partial charge in [0.25, 0.3) is 0 Å².